The molecular weight excluding hydrogens is 242 g/mol. The molecule has 0 bridgehead atoms. The van der Waals surface area contributed by atoms with Gasteiger partial charge in [-0.25, -0.2) is 0 Å². The van der Waals surface area contributed by atoms with Gasteiger partial charge in [-0.1, -0.05) is 24.3 Å². The van der Waals surface area contributed by atoms with Gasteiger partial charge < -0.3 is 16.2 Å². The van der Waals surface area contributed by atoms with Crippen molar-refractivity contribution in [1.29, 1.82) is 0 Å². The summed E-state index contributed by atoms with van der Waals surface area (Å²) in [4.78, 5) is 15.1. The molecule has 0 aliphatic rings. The van der Waals surface area contributed by atoms with Crippen molar-refractivity contribution in [2.75, 3.05) is 0 Å². The molecule has 0 aliphatic heterocycles. The van der Waals surface area contributed by atoms with Gasteiger partial charge in [0.15, 0.2) is 5.96 Å². The van der Waals surface area contributed by atoms with Crippen molar-refractivity contribution < 1.29 is 9.53 Å². The van der Waals surface area contributed by atoms with E-state index in [0.717, 1.165) is 0 Å². The van der Waals surface area contributed by atoms with E-state index in [2.05, 4.69) is 4.99 Å². The molecule has 0 atom stereocenters. The SMILES string of the molecule is NC(N)=NC(=O)c1cccc(Oc2ccccc2)c1. The fraction of sp³-hybridized carbons (Fsp3) is 0. The first-order chi connectivity index (χ1) is 9.15. The fourth-order valence-electron chi connectivity index (χ4n) is 1.50. The highest BCUT2D eigenvalue weighted by atomic mass is 16.5. The molecule has 0 saturated heterocycles. The van der Waals surface area contributed by atoms with Crippen molar-refractivity contribution in [2.24, 2.45) is 16.5 Å². The Morgan fingerprint density at radius 3 is 2.32 bits per heavy atom. The molecule has 0 aliphatic carbocycles. The number of hydrogen-bond acceptors (Lipinski definition) is 2. The maximum atomic E-state index is 11.7. The molecule has 0 unspecified atom stereocenters. The summed E-state index contributed by atoms with van der Waals surface area (Å²) in [7, 11) is 0. The second-order valence-electron chi connectivity index (χ2n) is 3.78. The van der Waals surface area contributed by atoms with E-state index >= 15 is 0 Å². The maximum Gasteiger partial charge on any atom is 0.280 e. The highest BCUT2D eigenvalue weighted by molar-refractivity contribution is 6.02. The van der Waals surface area contributed by atoms with Gasteiger partial charge >= 0.3 is 0 Å². The van der Waals surface area contributed by atoms with Gasteiger partial charge in [-0.15, -0.1) is 0 Å². The van der Waals surface area contributed by atoms with Crippen LogP contribution < -0.4 is 16.2 Å². The van der Waals surface area contributed by atoms with E-state index in [1.807, 2.05) is 30.3 Å². The standard InChI is InChI=1S/C14H13N3O2/c15-14(16)17-13(18)10-5-4-8-12(9-10)19-11-6-2-1-3-7-11/h1-9H,(H4,15,16,17,18). The molecule has 4 N–H and O–H groups in total. The maximum absolute atomic E-state index is 11.7. The third-order valence-electron chi connectivity index (χ3n) is 2.29. The van der Waals surface area contributed by atoms with Crippen molar-refractivity contribution in [2.45, 2.75) is 0 Å². The number of guanidine groups is 1. The second kappa shape index (κ2) is 5.68. The summed E-state index contributed by atoms with van der Waals surface area (Å²) >= 11 is 0. The van der Waals surface area contributed by atoms with Crippen LogP contribution in [0.25, 0.3) is 0 Å². The number of ether oxygens (including phenoxy) is 1. The van der Waals surface area contributed by atoms with E-state index in [-0.39, 0.29) is 5.96 Å². The molecular formula is C14H13N3O2. The van der Waals surface area contributed by atoms with Gasteiger partial charge in [-0.3, -0.25) is 4.79 Å². The van der Waals surface area contributed by atoms with Gasteiger partial charge in [0.05, 0.1) is 0 Å². The van der Waals surface area contributed by atoms with Crippen molar-refractivity contribution in [1.82, 2.24) is 0 Å². The van der Waals surface area contributed by atoms with Crippen LogP contribution in [-0.2, 0) is 0 Å². The number of benzene rings is 2. The number of hydrogen-bond donors (Lipinski definition) is 2. The Hall–Kier alpha value is -2.82. The number of carbonyl (C=O) groups is 1. The Morgan fingerprint density at radius 1 is 0.947 bits per heavy atom. The quantitative estimate of drug-likeness (QED) is 0.647. The highest BCUT2D eigenvalue weighted by Gasteiger charge is 2.06. The minimum atomic E-state index is -0.501. The molecule has 2 aromatic rings. The number of amides is 1. The van der Waals surface area contributed by atoms with E-state index in [1.54, 1.807) is 24.3 Å². The van der Waals surface area contributed by atoms with Crippen LogP contribution in [0.3, 0.4) is 0 Å². The lowest BCUT2D eigenvalue weighted by atomic mass is 10.2. The second-order valence-corrected chi connectivity index (χ2v) is 3.78. The Kier molecular flexibility index (Phi) is 3.78. The van der Waals surface area contributed by atoms with Crippen LogP contribution in [0.1, 0.15) is 10.4 Å². The average Bonchev–Trinajstić information content (AvgIpc) is 2.39. The Balaban J connectivity index is 2.20. The smallest absolute Gasteiger partial charge is 0.280 e. The number of carbonyl (C=O) groups excluding carboxylic acids is 1. The summed E-state index contributed by atoms with van der Waals surface area (Å²) in [5, 5.41) is 0. The lowest BCUT2D eigenvalue weighted by Crippen LogP contribution is -2.24. The molecule has 19 heavy (non-hydrogen) atoms. The van der Waals surface area contributed by atoms with E-state index < -0.39 is 5.91 Å². The molecule has 2 rings (SSSR count). The van der Waals surface area contributed by atoms with Gasteiger partial charge in [-0.2, -0.15) is 4.99 Å². The number of rotatable bonds is 3. The highest BCUT2D eigenvalue weighted by Crippen LogP contribution is 2.21. The zero-order valence-corrected chi connectivity index (χ0v) is 10.1. The van der Waals surface area contributed by atoms with E-state index in [0.29, 0.717) is 17.1 Å². The minimum Gasteiger partial charge on any atom is -0.457 e. The predicted octanol–water partition coefficient (Wildman–Crippen LogP) is 1.89. The lowest BCUT2D eigenvalue weighted by Gasteiger charge is -2.06. The van der Waals surface area contributed by atoms with Gasteiger partial charge in [0, 0.05) is 5.56 Å². The summed E-state index contributed by atoms with van der Waals surface area (Å²) < 4.78 is 5.61. The molecule has 0 fully saturated rings. The number of aliphatic imine (C=N–C) groups is 1. The number of para-hydroxylation sites is 1. The van der Waals surface area contributed by atoms with Gasteiger partial charge in [0.25, 0.3) is 5.91 Å². The lowest BCUT2D eigenvalue weighted by molar-refractivity contribution is 0.100. The van der Waals surface area contributed by atoms with Crippen molar-refractivity contribution in [3.8, 4) is 11.5 Å². The topological polar surface area (TPSA) is 90.7 Å². The first-order valence-corrected chi connectivity index (χ1v) is 5.62. The predicted molar refractivity (Wildman–Crippen MR) is 73.1 cm³/mol. The Morgan fingerprint density at radius 2 is 1.63 bits per heavy atom. The Bertz CT molecular complexity index is 605. The van der Waals surface area contributed by atoms with Crippen LogP contribution in [-0.4, -0.2) is 11.9 Å². The first kappa shape index (κ1) is 12.6. The zero-order chi connectivity index (χ0) is 13.7. The van der Waals surface area contributed by atoms with Crippen LogP contribution in [0, 0.1) is 0 Å². The molecule has 0 radical (unpaired) electrons. The Labute approximate surface area is 110 Å². The molecule has 1 amide bonds. The molecule has 2 aromatic carbocycles. The van der Waals surface area contributed by atoms with Crippen LogP contribution in [0.4, 0.5) is 0 Å². The van der Waals surface area contributed by atoms with E-state index in [9.17, 15) is 4.79 Å². The third-order valence-corrected chi connectivity index (χ3v) is 2.29. The summed E-state index contributed by atoms with van der Waals surface area (Å²) in [5.41, 5.74) is 10.7. The van der Waals surface area contributed by atoms with Crippen molar-refractivity contribution in [3.63, 3.8) is 0 Å². The van der Waals surface area contributed by atoms with Crippen LogP contribution in [0.15, 0.2) is 59.6 Å². The molecule has 0 spiro atoms. The van der Waals surface area contributed by atoms with Crippen molar-refractivity contribution in [3.05, 3.63) is 60.2 Å². The molecule has 0 saturated carbocycles. The fourth-order valence-corrected chi connectivity index (χ4v) is 1.50. The zero-order valence-electron chi connectivity index (χ0n) is 10.1. The summed E-state index contributed by atoms with van der Waals surface area (Å²) in [6.45, 7) is 0. The molecule has 0 aromatic heterocycles. The summed E-state index contributed by atoms with van der Waals surface area (Å²) in [6, 6.07) is 15.9. The van der Waals surface area contributed by atoms with Crippen LogP contribution in [0.2, 0.25) is 0 Å². The summed E-state index contributed by atoms with van der Waals surface area (Å²) in [6.07, 6.45) is 0. The van der Waals surface area contributed by atoms with Gasteiger partial charge in [0.1, 0.15) is 11.5 Å². The van der Waals surface area contributed by atoms with E-state index in [1.165, 1.54) is 0 Å². The average molecular weight is 255 g/mol. The normalized spacial score (nSPS) is 9.68. The third kappa shape index (κ3) is 3.57. The molecule has 5 nitrogen and oxygen atoms in total. The summed E-state index contributed by atoms with van der Waals surface area (Å²) in [5.74, 6) is 0.467. The van der Waals surface area contributed by atoms with E-state index in [4.69, 9.17) is 16.2 Å². The first-order valence-electron chi connectivity index (χ1n) is 5.62. The largest absolute Gasteiger partial charge is 0.457 e. The van der Waals surface area contributed by atoms with Gasteiger partial charge in [0.2, 0.25) is 0 Å². The molecule has 96 valence electrons. The van der Waals surface area contributed by atoms with Crippen LogP contribution >= 0.6 is 0 Å². The number of nitrogens with two attached hydrogens (primary N) is 2. The monoisotopic (exact) mass is 255 g/mol. The minimum absolute atomic E-state index is 0.264. The van der Waals surface area contributed by atoms with Crippen LogP contribution in [0.5, 0.6) is 11.5 Å². The number of nitrogens with zero attached hydrogens (tertiary/aromatic N) is 1. The molecule has 5 heteroatoms. The van der Waals surface area contributed by atoms with Crippen molar-refractivity contribution >= 4 is 11.9 Å². The molecule has 0 heterocycles. The van der Waals surface area contributed by atoms with Gasteiger partial charge in [-0.05, 0) is 30.3 Å².